The Balaban J connectivity index is 2.20. The smallest absolute Gasteiger partial charge is 0.139 e. The second-order valence-corrected chi connectivity index (χ2v) is 5.06. The van der Waals surface area contributed by atoms with Gasteiger partial charge in [-0.3, -0.25) is 0 Å². The van der Waals surface area contributed by atoms with Gasteiger partial charge in [0.2, 0.25) is 0 Å². The van der Waals surface area contributed by atoms with E-state index < -0.39 is 0 Å². The van der Waals surface area contributed by atoms with Crippen molar-refractivity contribution >= 4 is 21.7 Å². The highest BCUT2D eigenvalue weighted by Gasteiger charge is 2.20. The Bertz CT molecular complexity index is 346. The van der Waals surface area contributed by atoms with E-state index in [2.05, 4.69) is 44.9 Å². The second-order valence-electron chi connectivity index (χ2n) is 4.27. The van der Waals surface area contributed by atoms with E-state index in [0.29, 0.717) is 6.04 Å². The van der Waals surface area contributed by atoms with Crippen molar-refractivity contribution in [3.63, 3.8) is 0 Å². The number of aryl methyl sites for hydroxylation is 2. The lowest BCUT2D eigenvalue weighted by atomic mass is 10.2. The van der Waals surface area contributed by atoms with Crippen molar-refractivity contribution in [2.45, 2.75) is 52.1 Å². The van der Waals surface area contributed by atoms with Crippen molar-refractivity contribution in [2.75, 3.05) is 5.32 Å². The molecule has 0 saturated carbocycles. The number of nitrogens with zero attached hydrogens (tertiary/aromatic N) is 2. The molecule has 0 spiro atoms. The maximum atomic E-state index is 4.63. The van der Waals surface area contributed by atoms with E-state index >= 15 is 0 Å². The molecular formula is C11H18BrN3. The van der Waals surface area contributed by atoms with Crippen molar-refractivity contribution in [1.29, 1.82) is 0 Å². The molecule has 1 N–H and O–H groups in total. The molecule has 0 aliphatic carbocycles. The fourth-order valence-electron chi connectivity index (χ4n) is 1.91. The maximum absolute atomic E-state index is 4.63. The summed E-state index contributed by atoms with van der Waals surface area (Å²) in [6.07, 6.45) is 4.67. The summed E-state index contributed by atoms with van der Waals surface area (Å²) in [6.45, 7) is 5.47. The molecule has 0 bridgehead atoms. The summed E-state index contributed by atoms with van der Waals surface area (Å²) in [5.74, 6) is 1.17. The number of aromatic nitrogens is 2. The van der Waals surface area contributed by atoms with Crippen LogP contribution in [0.25, 0.3) is 0 Å². The minimum absolute atomic E-state index is 0.560. The highest BCUT2D eigenvalue weighted by molar-refractivity contribution is 9.10. The molecule has 1 unspecified atom stereocenters. The van der Waals surface area contributed by atoms with Gasteiger partial charge in [0, 0.05) is 12.6 Å². The van der Waals surface area contributed by atoms with Crippen LogP contribution in [0, 0.1) is 0 Å². The molecule has 1 atom stereocenters. The zero-order valence-corrected chi connectivity index (χ0v) is 11.0. The van der Waals surface area contributed by atoms with E-state index in [4.69, 9.17) is 0 Å². The maximum Gasteiger partial charge on any atom is 0.139 e. The number of unbranched alkanes of at least 4 members (excludes halogenated alkanes) is 1. The summed E-state index contributed by atoms with van der Waals surface area (Å²) in [5, 5.41) is 8.11. The topological polar surface area (TPSA) is 29.9 Å². The van der Waals surface area contributed by atoms with Crippen LogP contribution in [0.15, 0.2) is 4.47 Å². The first kappa shape index (κ1) is 11.0. The average molecular weight is 272 g/mol. The molecule has 84 valence electrons. The molecule has 3 nitrogen and oxygen atoms in total. The van der Waals surface area contributed by atoms with Crippen molar-refractivity contribution in [2.24, 2.45) is 0 Å². The first-order chi connectivity index (χ1) is 7.22. The monoisotopic (exact) mass is 271 g/mol. The van der Waals surface area contributed by atoms with Crippen LogP contribution in [0.2, 0.25) is 0 Å². The number of rotatable bonds is 3. The average Bonchev–Trinajstić information content (AvgIpc) is 2.53. The SMILES string of the molecule is CCCCc1nn2c(c1Br)NC(C)CC2. The van der Waals surface area contributed by atoms with Gasteiger partial charge >= 0.3 is 0 Å². The van der Waals surface area contributed by atoms with Crippen LogP contribution in [-0.2, 0) is 13.0 Å². The highest BCUT2D eigenvalue weighted by atomic mass is 79.9. The number of hydrogen-bond acceptors (Lipinski definition) is 2. The molecule has 2 heterocycles. The minimum atomic E-state index is 0.560. The summed E-state index contributed by atoms with van der Waals surface area (Å²) in [7, 11) is 0. The molecule has 4 heteroatoms. The third kappa shape index (κ3) is 2.19. The Morgan fingerprint density at radius 3 is 3.13 bits per heavy atom. The third-order valence-corrected chi connectivity index (χ3v) is 3.72. The lowest BCUT2D eigenvalue weighted by Gasteiger charge is -2.22. The largest absolute Gasteiger partial charge is 0.367 e. The molecule has 0 saturated heterocycles. The van der Waals surface area contributed by atoms with Crippen LogP contribution < -0.4 is 5.32 Å². The number of nitrogens with one attached hydrogen (secondary N) is 1. The summed E-state index contributed by atoms with van der Waals surface area (Å²) < 4.78 is 3.26. The molecule has 1 aliphatic rings. The van der Waals surface area contributed by atoms with E-state index in [9.17, 15) is 0 Å². The molecular weight excluding hydrogens is 254 g/mol. The van der Waals surface area contributed by atoms with Gasteiger partial charge in [-0.15, -0.1) is 0 Å². The standard InChI is InChI=1S/C11H18BrN3/c1-3-4-5-9-10(12)11-13-8(2)6-7-15(11)14-9/h8,13H,3-7H2,1-2H3. The normalized spacial score (nSPS) is 19.8. The molecule has 2 rings (SSSR count). The number of anilines is 1. The van der Waals surface area contributed by atoms with Gasteiger partial charge in [-0.2, -0.15) is 5.10 Å². The van der Waals surface area contributed by atoms with Gasteiger partial charge in [0.05, 0.1) is 10.2 Å². The number of fused-ring (bicyclic) bond motifs is 1. The molecule has 0 radical (unpaired) electrons. The Labute approximate surface area is 99.4 Å². The molecule has 1 aromatic heterocycles. The van der Waals surface area contributed by atoms with Crippen molar-refractivity contribution in [3.05, 3.63) is 10.2 Å². The number of halogens is 1. The van der Waals surface area contributed by atoms with Crippen molar-refractivity contribution < 1.29 is 0 Å². The molecule has 0 aromatic carbocycles. The third-order valence-electron chi connectivity index (χ3n) is 2.88. The van der Waals surface area contributed by atoms with Crippen molar-refractivity contribution in [1.82, 2.24) is 9.78 Å². The van der Waals surface area contributed by atoms with Gasteiger partial charge in [0.1, 0.15) is 5.82 Å². The van der Waals surface area contributed by atoms with Crippen LogP contribution in [0.1, 0.15) is 38.8 Å². The van der Waals surface area contributed by atoms with Crippen LogP contribution in [0.3, 0.4) is 0 Å². The van der Waals surface area contributed by atoms with Crippen LogP contribution >= 0.6 is 15.9 Å². The second kappa shape index (κ2) is 4.56. The van der Waals surface area contributed by atoms with E-state index in [0.717, 1.165) is 19.4 Å². The predicted molar refractivity (Wildman–Crippen MR) is 66.2 cm³/mol. The quantitative estimate of drug-likeness (QED) is 0.915. The lowest BCUT2D eigenvalue weighted by molar-refractivity contribution is 0.507. The summed E-state index contributed by atoms with van der Waals surface area (Å²) in [4.78, 5) is 0. The van der Waals surface area contributed by atoms with E-state index in [1.807, 2.05) is 0 Å². The molecule has 15 heavy (non-hydrogen) atoms. The fourth-order valence-corrected chi connectivity index (χ4v) is 2.51. The molecule has 1 aromatic rings. The Hall–Kier alpha value is -0.510. The van der Waals surface area contributed by atoms with Gasteiger partial charge in [-0.1, -0.05) is 13.3 Å². The summed E-state index contributed by atoms with van der Waals surface area (Å²) >= 11 is 3.65. The fraction of sp³-hybridized carbons (Fsp3) is 0.727. The molecule has 0 fully saturated rings. The Kier molecular flexibility index (Phi) is 3.34. The van der Waals surface area contributed by atoms with Crippen LogP contribution in [0.4, 0.5) is 5.82 Å². The predicted octanol–water partition coefficient (Wildman–Crippen LogP) is 3.19. The van der Waals surface area contributed by atoms with Gasteiger partial charge in [-0.25, -0.2) is 4.68 Å². The van der Waals surface area contributed by atoms with E-state index in [1.165, 1.54) is 28.8 Å². The van der Waals surface area contributed by atoms with Crippen LogP contribution in [-0.4, -0.2) is 15.8 Å². The first-order valence-electron chi connectivity index (χ1n) is 5.74. The van der Waals surface area contributed by atoms with E-state index in [1.54, 1.807) is 0 Å². The van der Waals surface area contributed by atoms with Gasteiger partial charge in [-0.05, 0) is 42.1 Å². The first-order valence-corrected chi connectivity index (χ1v) is 6.53. The summed E-state index contributed by atoms with van der Waals surface area (Å²) in [6, 6.07) is 0.560. The van der Waals surface area contributed by atoms with E-state index in [-0.39, 0.29) is 0 Å². The zero-order valence-electron chi connectivity index (χ0n) is 9.39. The Morgan fingerprint density at radius 2 is 2.40 bits per heavy atom. The van der Waals surface area contributed by atoms with Gasteiger partial charge in [0.25, 0.3) is 0 Å². The van der Waals surface area contributed by atoms with Gasteiger partial charge < -0.3 is 5.32 Å². The lowest BCUT2D eigenvalue weighted by Crippen LogP contribution is -2.26. The number of hydrogen-bond donors (Lipinski definition) is 1. The van der Waals surface area contributed by atoms with Crippen LogP contribution in [0.5, 0.6) is 0 Å². The Morgan fingerprint density at radius 1 is 1.60 bits per heavy atom. The molecule has 0 amide bonds. The molecule has 1 aliphatic heterocycles. The summed E-state index contributed by atoms with van der Waals surface area (Å²) in [5.41, 5.74) is 1.20. The highest BCUT2D eigenvalue weighted by Crippen LogP contribution is 2.31. The zero-order chi connectivity index (χ0) is 10.8. The minimum Gasteiger partial charge on any atom is -0.367 e. The van der Waals surface area contributed by atoms with Gasteiger partial charge in [0.15, 0.2) is 0 Å². The van der Waals surface area contributed by atoms with Crippen molar-refractivity contribution in [3.8, 4) is 0 Å².